The van der Waals surface area contributed by atoms with E-state index in [4.69, 9.17) is 5.73 Å². The van der Waals surface area contributed by atoms with Crippen LogP contribution in [0.5, 0.6) is 0 Å². The molecule has 1 heteroatoms. The zero-order chi connectivity index (χ0) is 13.8. The smallest absolute Gasteiger partial charge is 0.00430 e. The van der Waals surface area contributed by atoms with Gasteiger partial charge in [0.2, 0.25) is 0 Å². The van der Waals surface area contributed by atoms with Crippen LogP contribution >= 0.6 is 0 Å². The maximum absolute atomic E-state index is 6.02. The van der Waals surface area contributed by atoms with Crippen molar-refractivity contribution in [3.8, 4) is 0 Å². The highest BCUT2D eigenvalue weighted by molar-refractivity contribution is 5.32. The van der Waals surface area contributed by atoms with Gasteiger partial charge in [-0.25, -0.2) is 0 Å². The summed E-state index contributed by atoms with van der Waals surface area (Å²) in [4.78, 5) is 0. The van der Waals surface area contributed by atoms with Crippen molar-refractivity contribution in [2.24, 2.45) is 17.6 Å². The molecule has 1 aliphatic carbocycles. The van der Waals surface area contributed by atoms with Crippen molar-refractivity contribution >= 4 is 0 Å². The van der Waals surface area contributed by atoms with Crippen molar-refractivity contribution in [2.45, 2.75) is 58.8 Å². The quantitative estimate of drug-likeness (QED) is 0.842. The Bertz CT molecular complexity index is 410. The van der Waals surface area contributed by atoms with Gasteiger partial charge in [-0.3, -0.25) is 0 Å². The Balaban J connectivity index is 2.19. The van der Waals surface area contributed by atoms with Crippen LogP contribution in [0.3, 0.4) is 0 Å². The van der Waals surface area contributed by atoms with Gasteiger partial charge in [0.1, 0.15) is 0 Å². The van der Waals surface area contributed by atoms with Gasteiger partial charge in [0.05, 0.1) is 0 Å². The maximum Gasteiger partial charge on any atom is -0.00430 e. The molecule has 1 saturated carbocycles. The van der Waals surface area contributed by atoms with E-state index < -0.39 is 0 Å². The lowest BCUT2D eigenvalue weighted by Crippen LogP contribution is -2.29. The predicted octanol–water partition coefficient (Wildman–Crippen LogP) is 4.56. The summed E-state index contributed by atoms with van der Waals surface area (Å²) in [6.45, 7) is 7.57. The molecule has 1 aromatic rings. The first-order valence-electron chi connectivity index (χ1n) is 7.92. The molecule has 0 bridgehead atoms. The second-order valence-electron chi connectivity index (χ2n) is 6.41. The van der Waals surface area contributed by atoms with Crippen LogP contribution in [0.1, 0.15) is 61.6 Å². The van der Waals surface area contributed by atoms with Crippen LogP contribution in [0.2, 0.25) is 0 Å². The van der Waals surface area contributed by atoms with Crippen LogP contribution in [0, 0.1) is 25.7 Å². The van der Waals surface area contributed by atoms with E-state index in [9.17, 15) is 0 Å². The fourth-order valence-corrected chi connectivity index (χ4v) is 3.68. The molecule has 1 nitrogen and oxygen atoms in total. The zero-order valence-electron chi connectivity index (χ0n) is 12.8. The van der Waals surface area contributed by atoms with Gasteiger partial charge in [-0.2, -0.15) is 0 Å². The van der Waals surface area contributed by atoms with Gasteiger partial charge in [0.15, 0.2) is 0 Å². The lowest BCUT2D eigenvalue weighted by atomic mass is 9.70. The second-order valence-corrected chi connectivity index (χ2v) is 6.41. The van der Waals surface area contributed by atoms with Gasteiger partial charge in [-0.1, -0.05) is 44.4 Å². The fourth-order valence-electron chi connectivity index (χ4n) is 3.68. The summed E-state index contributed by atoms with van der Waals surface area (Å²) in [5, 5.41) is 0. The molecular formula is C18H29N. The van der Waals surface area contributed by atoms with Crippen LogP contribution in [0.15, 0.2) is 18.2 Å². The first-order chi connectivity index (χ1) is 9.15. The molecule has 0 radical (unpaired) electrons. The van der Waals surface area contributed by atoms with E-state index in [1.54, 1.807) is 0 Å². The van der Waals surface area contributed by atoms with Crippen molar-refractivity contribution < 1.29 is 0 Å². The summed E-state index contributed by atoms with van der Waals surface area (Å²) in [5.41, 5.74) is 10.4. The Kier molecular flexibility index (Phi) is 5.04. The average molecular weight is 259 g/mol. The summed E-state index contributed by atoms with van der Waals surface area (Å²) >= 11 is 0. The Hall–Kier alpha value is -0.820. The molecule has 0 spiro atoms. The highest BCUT2D eigenvalue weighted by Gasteiger charge is 2.30. The van der Waals surface area contributed by atoms with Crippen molar-refractivity contribution in [3.63, 3.8) is 0 Å². The minimum atomic E-state index is 0.689. The zero-order valence-corrected chi connectivity index (χ0v) is 12.8. The van der Waals surface area contributed by atoms with Gasteiger partial charge in [-0.15, -0.1) is 0 Å². The highest BCUT2D eigenvalue weighted by Crippen LogP contribution is 2.42. The number of nitrogens with two attached hydrogens (primary N) is 1. The molecule has 0 saturated heterocycles. The average Bonchev–Trinajstić information content (AvgIpc) is 2.42. The Morgan fingerprint density at radius 2 is 1.95 bits per heavy atom. The number of hydrogen-bond donors (Lipinski definition) is 1. The molecule has 3 unspecified atom stereocenters. The Morgan fingerprint density at radius 1 is 1.16 bits per heavy atom. The van der Waals surface area contributed by atoms with Crippen LogP contribution < -0.4 is 5.73 Å². The van der Waals surface area contributed by atoms with Crippen LogP contribution in [-0.4, -0.2) is 6.54 Å². The van der Waals surface area contributed by atoms with E-state index in [1.165, 1.54) is 48.8 Å². The van der Waals surface area contributed by atoms with Crippen molar-refractivity contribution in [1.82, 2.24) is 0 Å². The van der Waals surface area contributed by atoms with E-state index in [0.29, 0.717) is 11.8 Å². The van der Waals surface area contributed by atoms with E-state index in [-0.39, 0.29) is 0 Å². The summed E-state index contributed by atoms with van der Waals surface area (Å²) in [6.07, 6.45) is 6.75. The highest BCUT2D eigenvalue weighted by atomic mass is 14.6. The lowest BCUT2D eigenvalue weighted by Gasteiger charge is -2.36. The van der Waals surface area contributed by atoms with Gasteiger partial charge in [0.25, 0.3) is 0 Å². The normalized spacial score (nSPS) is 27.5. The molecule has 1 fully saturated rings. The van der Waals surface area contributed by atoms with E-state index >= 15 is 0 Å². The largest absolute Gasteiger partial charge is 0.330 e. The molecular weight excluding hydrogens is 230 g/mol. The van der Waals surface area contributed by atoms with E-state index in [2.05, 4.69) is 39.0 Å². The minimum Gasteiger partial charge on any atom is -0.330 e. The molecule has 0 aromatic heterocycles. The van der Waals surface area contributed by atoms with E-state index in [0.717, 1.165) is 12.5 Å². The van der Waals surface area contributed by atoms with Crippen molar-refractivity contribution in [3.05, 3.63) is 34.9 Å². The maximum atomic E-state index is 6.02. The summed E-state index contributed by atoms with van der Waals surface area (Å²) < 4.78 is 0. The molecule has 2 N–H and O–H groups in total. The molecule has 106 valence electrons. The first kappa shape index (κ1) is 14.6. The topological polar surface area (TPSA) is 26.0 Å². The molecule has 0 aliphatic heterocycles. The van der Waals surface area contributed by atoms with Gasteiger partial charge in [-0.05, 0) is 67.7 Å². The third-order valence-corrected chi connectivity index (χ3v) is 5.06. The van der Waals surface area contributed by atoms with E-state index in [1.807, 2.05) is 0 Å². The van der Waals surface area contributed by atoms with Crippen molar-refractivity contribution in [1.29, 1.82) is 0 Å². The Labute approximate surface area is 118 Å². The van der Waals surface area contributed by atoms with Crippen LogP contribution in [-0.2, 0) is 0 Å². The van der Waals surface area contributed by atoms with Gasteiger partial charge >= 0.3 is 0 Å². The number of hydrogen-bond acceptors (Lipinski definition) is 1. The standard InChI is InChI=1S/C18H29N/c1-4-5-15-7-9-17(12-19)18(11-15)16-8-6-13(2)14(3)10-16/h6,8,10,15,17-18H,4-5,7,9,11-12,19H2,1-3H3. The number of rotatable bonds is 4. The van der Waals surface area contributed by atoms with Crippen molar-refractivity contribution in [2.75, 3.05) is 6.54 Å². The third kappa shape index (κ3) is 3.39. The monoisotopic (exact) mass is 259 g/mol. The van der Waals surface area contributed by atoms with Crippen LogP contribution in [0.25, 0.3) is 0 Å². The molecule has 0 heterocycles. The number of benzene rings is 1. The second kappa shape index (κ2) is 6.56. The SMILES string of the molecule is CCCC1CCC(CN)C(c2ccc(C)c(C)c2)C1. The first-order valence-corrected chi connectivity index (χ1v) is 7.92. The molecule has 1 aromatic carbocycles. The Morgan fingerprint density at radius 3 is 2.58 bits per heavy atom. The molecule has 2 rings (SSSR count). The van der Waals surface area contributed by atoms with Gasteiger partial charge < -0.3 is 5.73 Å². The summed E-state index contributed by atoms with van der Waals surface area (Å²) in [7, 11) is 0. The molecule has 19 heavy (non-hydrogen) atoms. The third-order valence-electron chi connectivity index (χ3n) is 5.06. The molecule has 0 amide bonds. The summed E-state index contributed by atoms with van der Waals surface area (Å²) in [5.74, 6) is 2.30. The lowest BCUT2D eigenvalue weighted by molar-refractivity contribution is 0.230. The molecule has 3 atom stereocenters. The molecule has 1 aliphatic rings. The predicted molar refractivity (Wildman–Crippen MR) is 83.5 cm³/mol. The number of aryl methyl sites for hydroxylation is 2. The summed E-state index contributed by atoms with van der Waals surface area (Å²) in [6, 6.07) is 7.02. The minimum absolute atomic E-state index is 0.689. The fraction of sp³-hybridized carbons (Fsp3) is 0.667. The van der Waals surface area contributed by atoms with Crippen LogP contribution in [0.4, 0.5) is 0 Å². The van der Waals surface area contributed by atoms with Gasteiger partial charge in [0, 0.05) is 0 Å².